The fourth-order valence-corrected chi connectivity index (χ4v) is 3.04. The molecule has 0 bridgehead atoms. The Hall–Kier alpha value is -0.660. The van der Waals surface area contributed by atoms with Crippen LogP contribution in [0.5, 0.6) is 0 Å². The number of hydrogen-bond donors (Lipinski definition) is 2. The second kappa shape index (κ2) is 6.49. The fourth-order valence-electron chi connectivity index (χ4n) is 2.25. The van der Waals surface area contributed by atoms with Gasteiger partial charge in [-0.05, 0) is 19.3 Å². The van der Waals surface area contributed by atoms with Crippen molar-refractivity contribution in [3.63, 3.8) is 0 Å². The first kappa shape index (κ1) is 15.4. The van der Waals surface area contributed by atoms with Crippen molar-refractivity contribution in [1.29, 1.82) is 0 Å². The number of carbonyl (C=O) groups is 1. The molecule has 0 aromatic heterocycles. The summed E-state index contributed by atoms with van der Waals surface area (Å²) >= 11 is 0. The third-order valence-electron chi connectivity index (χ3n) is 3.03. The highest BCUT2D eigenvalue weighted by atomic mass is 32.2. The van der Waals surface area contributed by atoms with E-state index in [9.17, 15) is 13.2 Å². The number of piperidine rings is 1. The molecule has 7 heteroatoms. The summed E-state index contributed by atoms with van der Waals surface area (Å²) in [7, 11) is -3.22. The number of sulfonamides is 1. The first-order chi connectivity index (χ1) is 8.33. The maximum Gasteiger partial charge on any atom is 0.239 e. The molecule has 1 saturated heterocycles. The monoisotopic (exact) mass is 277 g/mol. The molecule has 1 aliphatic rings. The highest BCUT2D eigenvalue weighted by Crippen LogP contribution is 2.12. The summed E-state index contributed by atoms with van der Waals surface area (Å²) in [6.45, 7) is 3.07. The molecule has 1 aliphatic heterocycles. The third-order valence-corrected chi connectivity index (χ3v) is 3.79. The maximum atomic E-state index is 12.0. The molecule has 106 valence electrons. The minimum absolute atomic E-state index is 0.0724. The Kier molecular flexibility index (Phi) is 5.55. The van der Waals surface area contributed by atoms with Gasteiger partial charge in [0.15, 0.2) is 0 Å². The largest absolute Gasteiger partial charge is 0.340 e. The lowest BCUT2D eigenvalue weighted by Crippen LogP contribution is -2.53. The van der Waals surface area contributed by atoms with Crippen LogP contribution in [0.15, 0.2) is 0 Å². The van der Waals surface area contributed by atoms with Crippen LogP contribution in [0.4, 0.5) is 0 Å². The summed E-state index contributed by atoms with van der Waals surface area (Å²) in [6.07, 6.45) is 4.24. The molecular weight excluding hydrogens is 254 g/mol. The van der Waals surface area contributed by atoms with Crippen LogP contribution in [0, 0.1) is 0 Å². The van der Waals surface area contributed by atoms with E-state index in [1.54, 1.807) is 4.90 Å². The average molecular weight is 277 g/mol. The molecule has 0 spiro atoms. The molecular formula is C11H23N3O3S. The van der Waals surface area contributed by atoms with Gasteiger partial charge in [0.2, 0.25) is 15.9 Å². The number of rotatable bonds is 5. The number of carbonyl (C=O) groups excluding carboxylic acids is 1. The highest BCUT2D eigenvalue weighted by molar-refractivity contribution is 7.88. The first-order valence-electron chi connectivity index (χ1n) is 6.35. The molecule has 2 unspecified atom stereocenters. The summed E-state index contributed by atoms with van der Waals surface area (Å²) in [5, 5.41) is 0. The van der Waals surface area contributed by atoms with Crippen molar-refractivity contribution in [3.05, 3.63) is 0 Å². The van der Waals surface area contributed by atoms with E-state index in [1.807, 2.05) is 6.92 Å². The molecule has 18 heavy (non-hydrogen) atoms. The molecule has 0 aliphatic carbocycles. The fraction of sp³-hybridized carbons (Fsp3) is 0.909. The van der Waals surface area contributed by atoms with Gasteiger partial charge in [0.1, 0.15) is 0 Å². The van der Waals surface area contributed by atoms with E-state index in [0.717, 1.165) is 25.5 Å². The smallest absolute Gasteiger partial charge is 0.239 e. The van der Waals surface area contributed by atoms with Crippen LogP contribution < -0.4 is 10.5 Å². The standard InChI is InChI=1S/C11H23N3O3S/c1-3-5-10(12)11(15)14-7-4-6-9(8-14)13-18(2,16)17/h9-10,13H,3-8,12H2,1-2H3. The SMILES string of the molecule is CCCC(N)C(=O)N1CCCC(NS(C)(=O)=O)C1. The number of likely N-dealkylation sites (tertiary alicyclic amines) is 1. The van der Waals surface area contributed by atoms with Crippen LogP contribution in [0.1, 0.15) is 32.6 Å². The normalized spacial score (nSPS) is 22.8. The molecule has 2 atom stereocenters. The number of nitrogens with one attached hydrogen (secondary N) is 1. The van der Waals surface area contributed by atoms with Crippen LogP contribution in [0.3, 0.4) is 0 Å². The first-order valence-corrected chi connectivity index (χ1v) is 8.24. The molecule has 1 fully saturated rings. The Labute approximate surface area is 109 Å². The number of nitrogens with two attached hydrogens (primary N) is 1. The molecule has 0 aromatic rings. The predicted octanol–water partition coefficient (Wildman–Crippen LogP) is -0.346. The van der Waals surface area contributed by atoms with Gasteiger partial charge in [0.05, 0.1) is 12.3 Å². The quantitative estimate of drug-likeness (QED) is 0.718. The Bertz CT molecular complexity index is 383. The van der Waals surface area contributed by atoms with E-state index in [2.05, 4.69) is 4.72 Å². The topological polar surface area (TPSA) is 92.5 Å². The van der Waals surface area contributed by atoms with E-state index in [1.165, 1.54) is 0 Å². The summed E-state index contributed by atoms with van der Waals surface area (Å²) in [4.78, 5) is 13.7. The van der Waals surface area contributed by atoms with Crippen molar-refractivity contribution in [2.45, 2.75) is 44.7 Å². The van der Waals surface area contributed by atoms with Gasteiger partial charge in [-0.15, -0.1) is 0 Å². The zero-order valence-electron chi connectivity index (χ0n) is 11.1. The van der Waals surface area contributed by atoms with E-state index in [0.29, 0.717) is 19.5 Å². The van der Waals surface area contributed by atoms with Gasteiger partial charge in [-0.1, -0.05) is 13.3 Å². The van der Waals surface area contributed by atoms with Crippen LogP contribution in [-0.2, 0) is 14.8 Å². The van der Waals surface area contributed by atoms with Crippen molar-refractivity contribution >= 4 is 15.9 Å². The van der Waals surface area contributed by atoms with E-state index < -0.39 is 16.1 Å². The molecule has 0 saturated carbocycles. The van der Waals surface area contributed by atoms with Crippen LogP contribution in [0.2, 0.25) is 0 Å². The number of hydrogen-bond acceptors (Lipinski definition) is 4. The minimum atomic E-state index is -3.22. The molecule has 1 amide bonds. The summed E-state index contributed by atoms with van der Waals surface area (Å²) in [5.74, 6) is -0.0724. The molecule has 0 aromatic carbocycles. The maximum absolute atomic E-state index is 12.0. The second-order valence-corrected chi connectivity index (χ2v) is 6.69. The van der Waals surface area contributed by atoms with Gasteiger partial charge < -0.3 is 10.6 Å². The van der Waals surface area contributed by atoms with Crippen LogP contribution in [-0.4, -0.2) is 50.7 Å². The molecule has 1 rings (SSSR count). The number of amides is 1. The number of nitrogens with zero attached hydrogens (tertiary/aromatic N) is 1. The van der Waals surface area contributed by atoms with Gasteiger partial charge >= 0.3 is 0 Å². The summed E-state index contributed by atoms with van der Waals surface area (Å²) < 4.78 is 24.9. The van der Waals surface area contributed by atoms with Gasteiger partial charge in [-0.3, -0.25) is 4.79 Å². The minimum Gasteiger partial charge on any atom is -0.340 e. The third kappa shape index (κ3) is 4.91. The van der Waals surface area contributed by atoms with Crippen LogP contribution >= 0.6 is 0 Å². The lowest BCUT2D eigenvalue weighted by atomic mass is 10.0. The van der Waals surface area contributed by atoms with E-state index in [-0.39, 0.29) is 11.9 Å². The molecule has 3 N–H and O–H groups in total. The highest BCUT2D eigenvalue weighted by Gasteiger charge is 2.27. The summed E-state index contributed by atoms with van der Waals surface area (Å²) in [6, 6.07) is -0.654. The Morgan fingerprint density at radius 1 is 1.56 bits per heavy atom. The Morgan fingerprint density at radius 3 is 2.78 bits per heavy atom. The molecule has 1 heterocycles. The lowest BCUT2D eigenvalue weighted by Gasteiger charge is -2.34. The molecule has 0 radical (unpaired) electrons. The lowest BCUT2D eigenvalue weighted by molar-refractivity contribution is -0.134. The van der Waals surface area contributed by atoms with Crippen LogP contribution in [0.25, 0.3) is 0 Å². The van der Waals surface area contributed by atoms with Gasteiger partial charge in [0, 0.05) is 19.1 Å². The van der Waals surface area contributed by atoms with Gasteiger partial charge in [-0.25, -0.2) is 13.1 Å². The van der Waals surface area contributed by atoms with Crippen molar-refractivity contribution in [2.75, 3.05) is 19.3 Å². The van der Waals surface area contributed by atoms with Crippen molar-refractivity contribution in [1.82, 2.24) is 9.62 Å². The Morgan fingerprint density at radius 2 is 2.22 bits per heavy atom. The predicted molar refractivity (Wildman–Crippen MR) is 70.5 cm³/mol. The summed E-state index contributed by atoms with van der Waals surface area (Å²) in [5.41, 5.74) is 5.80. The van der Waals surface area contributed by atoms with Gasteiger partial charge in [-0.2, -0.15) is 0 Å². The van der Waals surface area contributed by atoms with Crippen molar-refractivity contribution in [2.24, 2.45) is 5.73 Å². The Balaban J connectivity index is 2.55. The van der Waals surface area contributed by atoms with Crippen molar-refractivity contribution < 1.29 is 13.2 Å². The van der Waals surface area contributed by atoms with Gasteiger partial charge in [0.25, 0.3) is 0 Å². The van der Waals surface area contributed by atoms with E-state index >= 15 is 0 Å². The molecule has 6 nitrogen and oxygen atoms in total. The average Bonchev–Trinajstić information content (AvgIpc) is 2.26. The van der Waals surface area contributed by atoms with Crippen molar-refractivity contribution in [3.8, 4) is 0 Å². The zero-order chi connectivity index (χ0) is 13.8. The second-order valence-electron chi connectivity index (χ2n) is 4.91. The zero-order valence-corrected chi connectivity index (χ0v) is 11.9. The van der Waals surface area contributed by atoms with E-state index in [4.69, 9.17) is 5.73 Å².